The quantitative estimate of drug-likeness (QED) is 0.678. The van der Waals surface area contributed by atoms with E-state index in [-0.39, 0.29) is 11.5 Å². The van der Waals surface area contributed by atoms with Crippen molar-refractivity contribution in [1.82, 2.24) is 0 Å². The van der Waals surface area contributed by atoms with Crippen LogP contribution in [0.15, 0.2) is 24.3 Å². The molecule has 0 spiro atoms. The number of hydrogen-bond donors (Lipinski definition) is 3. The lowest BCUT2D eigenvalue weighted by molar-refractivity contribution is -0.137. The highest BCUT2D eigenvalue weighted by Crippen LogP contribution is 2.14. The van der Waals surface area contributed by atoms with Crippen molar-refractivity contribution in [2.24, 2.45) is 0 Å². The molecular formula is C10H14O4. The van der Waals surface area contributed by atoms with Crippen LogP contribution < -0.4 is 0 Å². The van der Waals surface area contributed by atoms with Crippen molar-refractivity contribution in [1.29, 1.82) is 0 Å². The van der Waals surface area contributed by atoms with E-state index in [0.717, 1.165) is 6.42 Å². The zero-order valence-corrected chi connectivity index (χ0v) is 7.97. The van der Waals surface area contributed by atoms with Gasteiger partial charge in [-0.2, -0.15) is 0 Å². The molecule has 0 heterocycles. The first kappa shape index (κ1) is 12.3. The Kier molecular flexibility index (Phi) is 5.94. The van der Waals surface area contributed by atoms with E-state index in [4.69, 9.17) is 15.3 Å². The molecule has 4 nitrogen and oxygen atoms in total. The monoisotopic (exact) mass is 198 g/mol. The smallest absolute Gasteiger partial charge is 0.303 e. The van der Waals surface area contributed by atoms with Gasteiger partial charge in [0.1, 0.15) is 11.5 Å². The highest BCUT2D eigenvalue weighted by atomic mass is 16.4. The molecular weight excluding hydrogens is 184 g/mol. The van der Waals surface area contributed by atoms with Crippen molar-refractivity contribution >= 4 is 5.97 Å². The molecule has 0 aliphatic carbocycles. The molecule has 0 bridgehead atoms. The van der Waals surface area contributed by atoms with E-state index < -0.39 is 5.97 Å². The maximum Gasteiger partial charge on any atom is 0.303 e. The normalized spacial score (nSPS) is 8.64. The molecule has 1 rings (SSSR count). The fourth-order valence-electron chi connectivity index (χ4n) is 0.707. The van der Waals surface area contributed by atoms with E-state index in [0.29, 0.717) is 6.42 Å². The third-order valence-corrected chi connectivity index (χ3v) is 1.29. The first-order valence-corrected chi connectivity index (χ1v) is 4.26. The predicted octanol–water partition coefficient (Wildman–Crippen LogP) is 1.97. The topological polar surface area (TPSA) is 77.8 Å². The predicted molar refractivity (Wildman–Crippen MR) is 52.3 cm³/mol. The molecule has 0 aromatic heterocycles. The summed E-state index contributed by atoms with van der Waals surface area (Å²) in [5.74, 6) is -0.535. The van der Waals surface area contributed by atoms with Gasteiger partial charge >= 0.3 is 5.97 Å². The minimum Gasteiger partial charge on any atom is -0.508 e. The van der Waals surface area contributed by atoms with Gasteiger partial charge in [-0.1, -0.05) is 13.0 Å². The summed E-state index contributed by atoms with van der Waals surface area (Å²) in [5, 5.41) is 25.2. The van der Waals surface area contributed by atoms with Crippen LogP contribution in [0.25, 0.3) is 0 Å². The molecule has 0 atom stereocenters. The number of carboxylic acids is 1. The summed E-state index contributed by atoms with van der Waals surface area (Å²) in [6.45, 7) is 1.84. The van der Waals surface area contributed by atoms with E-state index >= 15 is 0 Å². The van der Waals surface area contributed by atoms with Crippen LogP contribution in [0.4, 0.5) is 0 Å². The summed E-state index contributed by atoms with van der Waals surface area (Å²) in [5.41, 5.74) is 0. The van der Waals surface area contributed by atoms with E-state index in [9.17, 15) is 4.79 Å². The van der Waals surface area contributed by atoms with Crippen molar-refractivity contribution in [3.05, 3.63) is 24.3 Å². The van der Waals surface area contributed by atoms with E-state index in [1.807, 2.05) is 6.92 Å². The Hall–Kier alpha value is -1.71. The Bertz CT molecular complexity index is 266. The summed E-state index contributed by atoms with van der Waals surface area (Å²) >= 11 is 0. The number of carboxylic acid groups (broad SMARTS) is 1. The first-order chi connectivity index (χ1) is 6.56. The minimum absolute atomic E-state index is 0.0880. The van der Waals surface area contributed by atoms with Gasteiger partial charge in [-0.3, -0.25) is 4.79 Å². The summed E-state index contributed by atoms with van der Waals surface area (Å²) in [4.78, 5) is 9.60. The van der Waals surface area contributed by atoms with Gasteiger partial charge in [-0.25, -0.2) is 0 Å². The number of phenolic OH excluding ortho intramolecular Hbond substituents is 2. The molecule has 0 saturated carbocycles. The van der Waals surface area contributed by atoms with Crippen LogP contribution in [0.5, 0.6) is 11.5 Å². The van der Waals surface area contributed by atoms with Gasteiger partial charge in [-0.15, -0.1) is 0 Å². The molecule has 0 aliphatic rings. The summed E-state index contributed by atoms with van der Waals surface area (Å²) in [6, 6.07) is 5.85. The lowest BCUT2D eigenvalue weighted by atomic mass is 10.3. The number of rotatable bonds is 2. The SMILES string of the molecule is CCCC(=O)O.Oc1cccc(O)c1. The second kappa shape index (κ2) is 6.77. The molecule has 1 aromatic rings. The van der Waals surface area contributed by atoms with Crippen LogP contribution >= 0.6 is 0 Å². The van der Waals surface area contributed by atoms with Crippen LogP contribution in [-0.2, 0) is 4.79 Å². The van der Waals surface area contributed by atoms with Crippen molar-refractivity contribution in [2.75, 3.05) is 0 Å². The van der Waals surface area contributed by atoms with E-state index in [2.05, 4.69) is 0 Å². The fraction of sp³-hybridized carbons (Fsp3) is 0.300. The third kappa shape index (κ3) is 6.97. The molecule has 78 valence electrons. The molecule has 0 saturated heterocycles. The molecule has 0 aliphatic heterocycles. The van der Waals surface area contributed by atoms with Gasteiger partial charge in [0.05, 0.1) is 0 Å². The second-order valence-electron chi connectivity index (χ2n) is 2.66. The van der Waals surface area contributed by atoms with Gasteiger partial charge in [0.15, 0.2) is 0 Å². The lowest BCUT2D eigenvalue weighted by Crippen LogP contribution is -1.90. The van der Waals surface area contributed by atoms with Crippen molar-refractivity contribution in [3.63, 3.8) is 0 Å². The second-order valence-corrected chi connectivity index (χ2v) is 2.66. The first-order valence-electron chi connectivity index (χ1n) is 4.26. The van der Waals surface area contributed by atoms with Gasteiger partial charge in [0, 0.05) is 12.5 Å². The average molecular weight is 198 g/mol. The number of hydrogen-bond acceptors (Lipinski definition) is 3. The van der Waals surface area contributed by atoms with Gasteiger partial charge in [-0.05, 0) is 18.6 Å². The largest absolute Gasteiger partial charge is 0.508 e. The van der Waals surface area contributed by atoms with Crippen molar-refractivity contribution < 1.29 is 20.1 Å². The standard InChI is InChI=1S/C6H6O2.C4H8O2/c7-5-2-1-3-6(8)4-5;1-2-3-4(5)6/h1-4,7-8H;2-3H2,1H3,(H,5,6). The Morgan fingerprint density at radius 3 is 1.93 bits per heavy atom. The van der Waals surface area contributed by atoms with Gasteiger partial charge < -0.3 is 15.3 Å². The van der Waals surface area contributed by atoms with Crippen molar-refractivity contribution in [3.8, 4) is 11.5 Å². The Morgan fingerprint density at radius 2 is 1.79 bits per heavy atom. The van der Waals surface area contributed by atoms with Crippen LogP contribution in [-0.4, -0.2) is 21.3 Å². The molecule has 14 heavy (non-hydrogen) atoms. The van der Waals surface area contributed by atoms with Gasteiger partial charge in [0.25, 0.3) is 0 Å². The maximum absolute atomic E-state index is 9.60. The maximum atomic E-state index is 9.60. The minimum atomic E-state index is -0.711. The summed E-state index contributed by atoms with van der Waals surface area (Å²) in [7, 11) is 0. The highest BCUT2D eigenvalue weighted by Gasteiger charge is 1.87. The highest BCUT2D eigenvalue weighted by molar-refractivity contribution is 5.66. The van der Waals surface area contributed by atoms with Gasteiger partial charge in [0.2, 0.25) is 0 Å². The Morgan fingerprint density at radius 1 is 1.29 bits per heavy atom. The molecule has 0 fully saturated rings. The Labute approximate surface area is 82.4 Å². The van der Waals surface area contributed by atoms with E-state index in [1.54, 1.807) is 6.07 Å². The van der Waals surface area contributed by atoms with Crippen LogP contribution in [0.2, 0.25) is 0 Å². The molecule has 3 N–H and O–H groups in total. The van der Waals surface area contributed by atoms with E-state index in [1.165, 1.54) is 18.2 Å². The summed E-state index contributed by atoms with van der Waals surface area (Å²) in [6.07, 6.45) is 1.02. The van der Waals surface area contributed by atoms with Crippen LogP contribution in [0, 0.1) is 0 Å². The molecule has 0 radical (unpaired) electrons. The third-order valence-electron chi connectivity index (χ3n) is 1.29. The Balaban J connectivity index is 0.000000255. The van der Waals surface area contributed by atoms with Crippen LogP contribution in [0.1, 0.15) is 19.8 Å². The zero-order chi connectivity index (χ0) is 11.0. The number of benzene rings is 1. The average Bonchev–Trinajstić information content (AvgIpc) is 2.03. The molecule has 4 heteroatoms. The number of carbonyl (C=O) groups is 1. The number of phenols is 2. The molecule has 0 unspecified atom stereocenters. The number of aromatic hydroxyl groups is 2. The summed E-state index contributed by atoms with van der Waals surface area (Å²) < 4.78 is 0. The zero-order valence-electron chi connectivity index (χ0n) is 7.97. The number of aliphatic carboxylic acids is 1. The van der Waals surface area contributed by atoms with Crippen LogP contribution in [0.3, 0.4) is 0 Å². The fourth-order valence-corrected chi connectivity index (χ4v) is 0.707. The molecule has 1 aromatic carbocycles. The molecule has 0 amide bonds. The lowest BCUT2D eigenvalue weighted by Gasteiger charge is -1.89. The van der Waals surface area contributed by atoms with Crippen molar-refractivity contribution in [2.45, 2.75) is 19.8 Å².